The van der Waals surface area contributed by atoms with Crippen LogP contribution in [-0.2, 0) is 16.0 Å². The second-order valence-electron chi connectivity index (χ2n) is 7.03. The van der Waals surface area contributed by atoms with Crippen molar-refractivity contribution in [3.05, 3.63) is 65.7 Å². The molecule has 0 bridgehead atoms. The Morgan fingerprint density at radius 1 is 0.933 bits per heavy atom. The standard InChI is InChI=1S/C23H29N3O4/c1-4-16(3)21(24-22(28)18-9-7-6-8-10-18)23(29)26-25-20(27)15-30-19-13-11-17(5-2)12-14-19/h6-14,16,21H,4-5,15H2,1-3H3,(H,24,28)(H,25,27)(H,26,29)/t16-,21-/m0/s1. The normalized spacial score (nSPS) is 12.4. The maximum Gasteiger partial charge on any atom is 0.276 e. The van der Waals surface area contributed by atoms with Gasteiger partial charge in [-0.05, 0) is 42.2 Å². The van der Waals surface area contributed by atoms with Crippen LogP contribution in [0.15, 0.2) is 54.6 Å². The van der Waals surface area contributed by atoms with E-state index in [9.17, 15) is 14.4 Å². The quantitative estimate of drug-likeness (QED) is 0.553. The summed E-state index contributed by atoms with van der Waals surface area (Å²) >= 11 is 0. The molecule has 0 aliphatic heterocycles. The molecule has 3 N–H and O–H groups in total. The van der Waals surface area contributed by atoms with E-state index in [0.29, 0.717) is 17.7 Å². The van der Waals surface area contributed by atoms with E-state index in [-0.39, 0.29) is 18.4 Å². The van der Waals surface area contributed by atoms with Crippen LogP contribution in [0, 0.1) is 5.92 Å². The third-order valence-electron chi connectivity index (χ3n) is 4.84. The SMILES string of the molecule is CCc1ccc(OCC(=O)NNC(=O)[C@@H](NC(=O)c2ccccc2)[C@@H](C)CC)cc1. The van der Waals surface area contributed by atoms with Crippen molar-refractivity contribution in [3.63, 3.8) is 0 Å². The van der Waals surface area contributed by atoms with Gasteiger partial charge >= 0.3 is 0 Å². The molecule has 0 saturated heterocycles. The molecule has 2 rings (SSSR count). The van der Waals surface area contributed by atoms with Crippen molar-refractivity contribution < 1.29 is 19.1 Å². The number of nitrogens with one attached hydrogen (secondary N) is 3. The number of aryl methyl sites for hydroxylation is 1. The van der Waals surface area contributed by atoms with Crippen LogP contribution in [0.5, 0.6) is 5.75 Å². The molecule has 2 aromatic rings. The average Bonchev–Trinajstić information content (AvgIpc) is 2.79. The van der Waals surface area contributed by atoms with Crippen molar-refractivity contribution in [2.45, 2.75) is 39.7 Å². The molecule has 160 valence electrons. The van der Waals surface area contributed by atoms with E-state index in [4.69, 9.17) is 4.74 Å². The first kappa shape index (κ1) is 22.9. The first-order valence-corrected chi connectivity index (χ1v) is 10.1. The number of rotatable bonds is 9. The van der Waals surface area contributed by atoms with Gasteiger partial charge in [-0.2, -0.15) is 0 Å². The third kappa shape index (κ3) is 6.92. The lowest BCUT2D eigenvalue weighted by Crippen LogP contribution is -2.55. The molecule has 7 nitrogen and oxygen atoms in total. The van der Waals surface area contributed by atoms with E-state index in [0.717, 1.165) is 6.42 Å². The number of hydrazine groups is 1. The van der Waals surface area contributed by atoms with Gasteiger partial charge in [0.25, 0.3) is 17.7 Å². The van der Waals surface area contributed by atoms with Crippen LogP contribution in [0.2, 0.25) is 0 Å². The summed E-state index contributed by atoms with van der Waals surface area (Å²) in [5, 5.41) is 2.74. The van der Waals surface area contributed by atoms with Crippen molar-refractivity contribution in [1.29, 1.82) is 0 Å². The molecule has 0 radical (unpaired) electrons. The van der Waals surface area contributed by atoms with E-state index in [1.165, 1.54) is 5.56 Å². The van der Waals surface area contributed by atoms with Gasteiger partial charge in [-0.3, -0.25) is 25.2 Å². The minimum absolute atomic E-state index is 0.122. The number of benzene rings is 2. The van der Waals surface area contributed by atoms with Gasteiger partial charge in [0.15, 0.2) is 6.61 Å². The third-order valence-corrected chi connectivity index (χ3v) is 4.84. The highest BCUT2D eigenvalue weighted by Gasteiger charge is 2.26. The van der Waals surface area contributed by atoms with Crippen LogP contribution in [0.4, 0.5) is 0 Å². The van der Waals surface area contributed by atoms with Crippen LogP contribution in [-0.4, -0.2) is 30.4 Å². The molecule has 7 heteroatoms. The second-order valence-corrected chi connectivity index (χ2v) is 7.03. The van der Waals surface area contributed by atoms with Gasteiger partial charge in [0.05, 0.1) is 0 Å². The molecular formula is C23H29N3O4. The number of carbonyl (C=O) groups excluding carboxylic acids is 3. The Morgan fingerprint density at radius 2 is 1.60 bits per heavy atom. The summed E-state index contributed by atoms with van der Waals surface area (Å²) < 4.78 is 5.42. The van der Waals surface area contributed by atoms with Crippen LogP contribution in [0.25, 0.3) is 0 Å². The maximum atomic E-state index is 12.6. The Kier molecular flexibility index (Phi) is 8.87. The van der Waals surface area contributed by atoms with E-state index < -0.39 is 17.9 Å². The molecule has 0 heterocycles. The van der Waals surface area contributed by atoms with E-state index in [1.54, 1.807) is 36.4 Å². The Balaban J connectivity index is 1.86. The lowest BCUT2D eigenvalue weighted by molar-refractivity contribution is -0.131. The molecule has 0 aliphatic carbocycles. The highest BCUT2D eigenvalue weighted by atomic mass is 16.5. The molecule has 0 aliphatic rings. The van der Waals surface area contributed by atoms with E-state index in [1.807, 2.05) is 32.0 Å². The summed E-state index contributed by atoms with van der Waals surface area (Å²) in [5.74, 6) is -0.889. The van der Waals surface area contributed by atoms with Gasteiger partial charge in [0.2, 0.25) is 0 Å². The topological polar surface area (TPSA) is 96.5 Å². The summed E-state index contributed by atoms with van der Waals surface area (Å²) in [4.78, 5) is 37.0. The van der Waals surface area contributed by atoms with Crippen LogP contribution in [0.1, 0.15) is 43.1 Å². The number of carbonyl (C=O) groups is 3. The minimum Gasteiger partial charge on any atom is -0.484 e. The molecule has 0 saturated carbocycles. The van der Waals surface area contributed by atoms with Crippen LogP contribution < -0.4 is 20.9 Å². The van der Waals surface area contributed by atoms with Crippen molar-refractivity contribution in [3.8, 4) is 5.75 Å². The van der Waals surface area contributed by atoms with Gasteiger partial charge in [0.1, 0.15) is 11.8 Å². The first-order valence-electron chi connectivity index (χ1n) is 10.1. The average molecular weight is 412 g/mol. The number of ether oxygens (including phenoxy) is 1. The van der Waals surface area contributed by atoms with Crippen molar-refractivity contribution in [2.75, 3.05) is 6.61 Å². The molecule has 2 atom stereocenters. The maximum absolute atomic E-state index is 12.6. The number of hydrogen-bond donors (Lipinski definition) is 3. The number of hydrogen-bond acceptors (Lipinski definition) is 4. The fourth-order valence-electron chi connectivity index (χ4n) is 2.73. The van der Waals surface area contributed by atoms with Crippen molar-refractivity contribution in [1.82, 2.24) is 16.2 Å². The summed E-state index contributed by atoms with van der Waals surface area (Å²) in [6.07, 6.45) is 1.60. The largest absolute Gasteiger partial charge is 0.484 e. The molecule has 0 aromatic heterocycles. The van der Waals surface area contributed by atoms with E-state index >= 15 is 0 Å². The number of amides is 3. The molecular weight excluding hydrogens is 382 g/mol. The Morgan fingerprint density at radius 3 is 2.20 bits per heavy atom. The van der Waals surface area contributed by atoms with Crippen molar-refractivity contribution in [2.24, 2.45) is 5.92 Å². The Labute approximate surface area is 177 Å². The zero-order valence-electron chi connectivity index (χ0n) is 17.6. The summed E-state index contributed by atoms with van der Waals surface area (Å²) in [6, 6.07) is 15.3. The molecule has 0 fully saturated rings. The highest BCUT2D eigenvalue weighted by Crippen LogP contribution is 2.12. The molecule has 30 heavy (non-hydrogen) atoms. The van der Waals surface area contributed by atoms with E-state index in [2.05, 4.69) is 23.1 Å². The lowest BCUT2D eigenvalue weighted by Gasteiger charge is -2.23. The van der Waals surface area contributed by atoms with Crippen LogP contribution in [0.3, 0.4) is 0 Å². The fraction of sp³-hybridized carbons (Fsp3) is 0.348. The smallest absolute Gasteiger partial charge is 0.276 e. The fourth-order valence-corrected chi connectivity index (χ4v) is 2.73. The predicted molar refractivity (Wildman–Crippen MR) is 115 cm³/mol. The lowest BCUT2D eigenvalue weighted by atomic mass is 9.98. The summed E-state index contributed by atoms with van der Waals surface area (Å²) in [7, 11) is 0. The molecule has 3 amide bonds. The van der Waals surface area contributed by atoms with Gasteiger partial charge in [-0.25, -0.2) is 0 Å². The second kappa shape index (κ2) is 11.6. The first-order chi connectivity index (χ1) is 14.4. The minimum atomic E-state index is -0.787. The van der Waals surface area contributed by atoms with Crippen molar-refractivity contribution >= 4 is 17.7 Å². The Hall–Kier alpha value is -3.35. The molecule has 2 aromatic carbocycles. The van der Waals surface area contributed by atoms with Crippen LogP contribution >= 0.6 is 0 Å². The summed E-state index contributed by atoms with van der Waals surface area (Å²) in [6.45, 7) is 5.60. The van der Waals surface area contributed by atoms with Gasteiger partial charge in [-0.15, -0.1) is 0 Å². The molecule has 0 unspecified atom stereocenters. The zero-order valence-corrected chi connectivity index (χ0v) is 17.6. The Bertz CT molecular complexity index is 837. The predicted octanol–water partition coefficient (Wildman–Crippen LogP) is 2.62. The molecule has 0 spiro atoms. The zero-order chi connectivity index (χ0) is 21.9. The highest BCUT2D eigenvalue weighted by molar-refractivity contribution is 5.97. The van der Waals surface area contributed by atoms with Gasteiger partial charge in [-0.1, -0.05) is 57.5 Å². The van der Waals surface area contributed by atoms with Gasteiger partial charge in [0, 0.05) is 5.56 Å². The van der Waals surface area contributed by atoms with Gasteiger partial charge < -0.3 is 10.1 Å². The monoisotopic (exact) mass is 411 g/mol. The summed E-state index contributed by atoms with van der Waals surface area (Å²) in [5.41, 5.74) is 6.35.